The van der Waals surface area contributed by atoms with Crippen molar-refractivity contribution in [1.82, 2.24) is 10.2 Å². The number of rotatable bonds is 3. The molecule has 0 atom stereocenters. The van der Waals surface area contributed by atoms with Gasteiger partial charge in [0.2, 0.25) is 0 Å². The third-order valence-corrected chi connectivity index (χ3v) is 0.802. The molecule has 0 aliphatic heterocycles. The molecule has 0 rings (SSSR count). The molecule has 0 radical (unpaired) electrons. The quantitative estimate of drug-likeness (QED) is 0.552. The summed E-state index contributed by atoms with van der Waals surface area (Å²) in [5, 5.41) is 2.86. The Morgan fingerprint density at radius 3 is 2.67 bits per heavy atom. The second-order valence-corrected chi connectivity index (χ2v) is 2.07. The van der Waals surface area contributed by atoms with Crippen molar-refractivity contribution in [2.24, 2.45) is 0 Å². The van der Waals surface area contributed by atoms with E-state index in [0.717, 1.165) is 6.54 Å². The molecular weight excluding hydrogens is 112 g/mol. The lowest BCUT2D eigenvalue weighted by molar-refractivity contribution is 0.456. The Morgan fingerprint density at radius 1 is 1.56 bits per heavy atom. The third-order valence-electron chi connectivity index (χ3n) is 0.802. The number of nitrogens with zero attached hydrogens (tertiary/aromatic N) is 1. The first-order valence-electron chi connectivity index (χ1n) is 2.98. The first-order valence-corrected chi connectivity index (χ1v) is 2.98. The van der Waals surface area contributed by atoms with E-state index in [-0.39, 0.29) is 0 Å². The van der Waals surface area contributed by atoms with Crippen LogP contribution in [0.1, 0.15) is 0 Å². The number of likely N-dealkylation sites (N-methyl/N-ethyl adjacent to an activating group) is 1. The van der Waals surface area contributed by atoms with Gasteiger partial charge in [-0.15, -0.1) is 5.73 Å². The molecule has 9 heavy (non-hydrogen) atoms. The summed E-state index contributed by atoms with van der Waals surface area (Å²) < 4.78 is 0. The predicted octanol–water partition coefficient (Wildman–Crippen LogP) is 0.436. The van der Waals surface area contributed by atoms with Gasteiger partial charge in [0.15, 0.2) is 0 Å². The van der Waals surface area contributed by atoms with Crippen molar-refractivity contribution < 1.29 is 0 Å². The fourth-order valence-corrected chi connectivity index (χ4v) is 0.378. The predicted molar refractivity (Wildman–Crippen MR) is 40.3 cm³/mol. The second kappa shape index (κ2) is 5.42. The highest BCUT2D eigenvalue weighted by molar-refractivity contribution is 4.83. The summed E-state index contributed by atoms with van der Waals surface area (Å²) in [4.78, 5) is 2.08. The van der Waals surface area contributed by atoms with Crippen LogP contribution >= 0.6 is 0 Å². The van der Waals surface area contributed by atoms with Crippen LogP contribution in [0, 0.1) is 0 Å². The van der Waals surface area contributed by atoms with Crippen LogP contribution in [0.4, 0.5) is 0 Å². The number of hydrogen-bond donors (Lipinski definition) is 1. The molecule has 0 saturated heterocycles. The monoisotopic (exact) mass is 126 g/mol. The van der Waals surface area contributed by atoms with Crippen molar-refractivity contribution >= 4 is 0 Å². The van der Waals surface area contributed by atoms with E-state index in [4.69, 9.17) is 0 Å². The van der Waals surface area contributed by atoms with Gasteiger partial charge in [-0.2, -0.15) is 0 Å². The zero-order chi connectivity index (χ0) is 7.11. The topological polar surface area (TPSA) is 15.3 Å². The molecule has 0 bridgehead atoms. The minimum absolute atomic E-state index is 0.943. The van der Waals surface area contributed by atoms with Gasteiger partial charge in [0.25, 0.3) is 0 Å². The SMILES string of the molecule is CNC=C=CCN(C)C. The lowest BCUT2D eigenvalue weighted by atomic mass is 10.5. The van der Waals surface area contributed by atoms with Crippen LogP contribution in [0.5, 0.6) is 0 Å². The average Bonchev–Trinajstić information content (AvgIpc) is 1.80. The maximum atomic E-state index is 2.96. The Balaban J connectivity index is 3.35. The van der Waals surface area contributed by atoms with Crippen LogP contribution in [0.15, 0.2) is 18.0 Å². The molecule has 0 saturated carbocycles. The van der Waals surface area contributed by atoms with Gasteiger partial charge in [0.1, 0.15) is 0 Å². The summed E-state index contributed by atoms with van der Waals surface area (Å²) in [5.41, 5.74) is 2.96. The third kappa shape index (κ3) is 7.28. The first-order chi connectivity index (χ1) is 4.27. The van der Waals surface area contributed by atoms with Crippen LogP contribution < -0.4 is 5.32 Å². The molecule has 0 amide bonds. The Kier molecular flexibility index (Phi) is 4.98. The van der Waals surface area contributed by atoms with Gasteiger partial charge >= 0.3 is 0 Å². The first kappa shape index (κ1) is 8.28. The Bertz CT molecular complexity index is 110. The van der Waals surface area contributed by atoms with Crippen LogP contribution in [-0.4, -0.2) is 32.6 Å². The molecule has 0 unspecified atom stereocenters. The van der Waals surface area contributed by atoms with Gasteiger partial charge in [-0.1, -0.05) is 0 Å². The van der Waals surface area contributed by atoms with Gasteiger partial charge in [-0.25, -0.2) is 0 Å². The number of hydrogen-bond acceptors (Lipinski definition) is 2. The van der Waals surface area contributed by atoms with Crippen molar-refractivity contribution in [3.05, 3.63) is 18.0 Å². The summed E-state index contributed by atoms with van der Waals surface area (Å²) in [6, 6.07) is 0. The Morgan fingerprint density at radius 2 is 2.22 bits per heavy atom. The molecule has 52 valence electrons. The van der Waals surface area contributed by atoms with E-state index in [1.165, 1.54) is 0 Å². The minimum atomic E-state index is 0.943. The lowest BCUT2D eigenvalue weighted by Crippen LogP contribution is -2.10. The summed E-state index contributed by atoms with van der Waals surface area (Å²) in [5.74, 6) is 0. The zero-order valence-corrected chi connectivity index (χ0v) is 6.31. The van der Waals surface area contributed by atoms with Crippen LogP contribution in [-0.2, 0) is 0 Å². The molecule has 0 aliphatic carbocycles. The Hall–Kier alpha value is -0.720. The van der Waals surface area contributed by atoms with Gasteiger partial charge < -0.3 is 10.2 Å². The largest absolute Gasteiger partial charge is 0.388 e. The zero-order valence-electron chi connectivity index (χ0n) is 6.31. The van der Waals surface area contributed by atoms with E-state index < -0.39 is 0 Å². The lowest BCUT2D eigenvalue weighted by Gasteiger charge is -2.01. The van der Waals surface area contributed by atoms with Crippen LogP contribution in [0.3, 0.4) is 0 Å². The summed E-state index contributed by atoms with van der Waals surface area (Å²) in [6.45, 7) is 0.943. The van der Waals surface area contributed by atoms with Crippen molar-refractivity contribution in [1.29, 1.82) is 0 Å². The molecular formula is C7H14N2. The number of nitrogens with one attached hydrogen (secondary N) is 1. The highest BCUT2D eigenvalue weighted by atomic mass is 15.0. The van der Waals surface area contributed by atoms with E-state index in [1.807, 2.05) is 27.2 Å². The smallest absolute Gasteiger partial charge is 0.0392 e. The summed E-state index contributed by atoms with van der Waals surface area (Å²) >= 11 is 0. The van der Waals surface area contributed by atoms with Crippen LogP contribution in [0.2, 0.25) is 0 Å². The summed E-state index contributed by atoms with van der Waals surface area (Å²) in [6.07, 6.45) is 3.75. The minimum Gasteiger partial charge on any atom is -0.388 e. The van der Waals surface area contributed by atoms with Crippen molar-refractivity contribution in [3.8, 4) is 0 Å². The molecule has 0 heterocycles. The van der Waals surface area contributed by atoms with Crippen LogP contribution in [0.25, 0.3) is 0 Å². The maximum Gasteiger partial charge on any atom is 0.0392 e. The molecule has 1 N–H and O–H groups in total. The summed E-state index contributed by atoms with van der Waals surface area (Å²) in [7, 11) is 5.91. The molecule has 0 aliphatic rings. The molecule has 0 fully saturated rings. The van der Waals surface area contributed by atoms with Gasteiger partial charge in [0.05, 0.1) is 0 Å². The van der Waals surface area contributed by atoms with Crippen molar-refractivity contribution in [2.75, 3.05) is 27.7 Å². The Labute approximate surface area is 56.9 Å². The molecule has 2 nitrogen and oxygen atoms in total. The van der Waals surface area contributed by atoms with E-state index in [1.54, 1.807) is 6.20 Å². The van der Waals surface area contributed by atoms with E-state index >= 15 is 0 Å². The van der Waals surface area contributed by atoms with Gasteiger partial charge in [-0.3, -0.25) is 0 Å². The second-order valence-electron chi connectivity index (χ2n) is 2.07. The van der Waals surface area contributed by atoms with E-state index in [9.17, 15) is 0 Å². The highest BCUT2D eigenvalue weighted by Crippen LogP contribution is 1.72. The molecule has 0 aromatic carbocycles. The molecule has 0 spiro atoms. The van der Waals surface area contributed by atoms with Gasteiger partial charge in [-0.05, 0) is 20.2 Å². The fourth-order valence-electron chi connectivity index (χ4n) is 0.378. The average molecular weight is 126 g/mol. The van der Waals surface area contributed by atoms with E-state index in [2.05, 4.69) is 15.9 Å². The normalized spacial score (nSPS) is 8.44. The van der Waals surface area contributed by atoms with Gasteiger partial charge in [0, 0.05) is 19.8 Å². The van der Waals surface area contributed by atoms with Crippen molar-refractivity contribution in [3.63, 3.8) is 0 Å². The standard InChI is InChI=1S/C7H14N2/c1-8-6-4-5-7-9(2)3/h5-6,8H,7H2,1-3H3. The molecule has 0 aromatic rings. The molecule has 0 aromatic heterocycles. The van der Waals surface area contributed by atoms with E-state index in [0.29, 0.717) is 0 Å². The molecule has 2 heteroatoms. The fraction of sp³-hybridized carbons (Fsp3) is 0.571. The highest BCUT2D eigenvalue weighted by Gasteiger charge is 1.77. The maximum absolute atomic E-state index is 2.96. The van der Waals surface area contributed by atoms with Crippen molar-refractivity contribution in [2.45, 2.75) is 0 Å².